The smallest absolute Gasteiger partial charge is 0.314 e. The van der Waals surface area contributed by atoms with E-state index in [0.29, 0.717) is 0 Å². The van der Waals surface area contributed by atoms with Gasteiger partial charge in [0.1, 0.15) is 5.78 Å². The third-order valence-electron chi connectivity index (χ3n) is 1.63. The number of ketones is 1. The van der Waals surface area contributed by atoms with Gasteiger partial charge in [0.05, 0.1) is 0 Å². The number of hydrogen-bond acceptors (Lipinski definition) is 3. The minimum atomic E-state index is -0.478. The van der Waals surface area contributed by atoms with Crippen molar-refractivity contribution in [3.63, 3.8) is 0 Å². The lowest BCUT2D eigenvalue weighted by Gasteiger charge is -1.99. The molecule has 0 saturated heterocycles. The van der Waals surface area contributed by atoms with Crippen LogP contribution in [-0.2, 0) is 11.3 Å². The molecule has 0 fully saturated rings. The zero-order valence-electron chi connectivity index (χ0n) is 7.24. The molecule has 0 atom stereocenters. The summed E-state index contributed by atoms with van der Waals surface area (Å²) in [6, 6.07) is 1.25. The van der Waals surface area contributed by atoms with Crippen LogP contribution in [-0.4, -0.2) is 15.3 Å². The van der Waals surface area contributed by atoms with Gasteiger partial charge in [0, 0.05) is 25.2 Å². The third kappa shape index (κ3) is 2.40. The molecule has 0 bridgehead atoms. The molecule has 5 heteroatoms. The number of carbonyl (C=O) groups is 1. The van der Waals surface area contributed by atoms with Gasteiger partial charge in [-0.15, -0.1) is 0 Å². The van der Waals surface area contributed by atoms with Gasteiger partial charge in [-0.2, -0.15) is 0 Å². The lowest BCUT2D eigenvalue weighted by molar-refractivity contribution is -0.117. The summed E-state index contributed by atoms with van der Waals surface area (Å²) in [4.78, 5) is 35.1. The molecule has 0 saturated carbocycles. The number of aromatic amines is 1. The lowest BCUT2D eigenvalue weighted by Crippen LogP contribution is -2.34. The van der Waals surface area contributed by atoms with Gasteiger partial charge in [-0.1, -0.05) is 0 Å². The Labute approximate surface area is 74.0 Å². The molecule has 13 heavy (non-hydrogen) atoms. The van der Waals surface area contributed by atoms with Crippen molar-refractivity contribution in [2.75, 3.05) is 0 Å². The van der Waals surface area contributed by atoms with Crippen LogP contribution in [0.25, 0.3) is 0 Å². The SMILES string of the molecule is CC(=O)CCn1c(=O)cc[nH]c1=O. The second-order valence-electron chi connectivity index (χ2n) is 2.72. The topological polar surface area (TPSA) is 71.9 Å². The number of nitrogens with one attached hydrogen (secondary N) is 1. The number of aromatic nitrogens is 2. The van der Waals surface area contributed by atoms with Crippen LogP contribution < -0.4 is 11.2 Å². The molecule has 1 N–H and O–H groups in total. The first kappa shape index (κ1) is 9.44. The molecular weight excluding hydrogens is 172 g/mol. The van der Waals surface area contributed by atoms with Gasteiger partial charge in [-0.05, 0) is 6.92 Å². The van der Waals surface area contributed by atoms with Crippen molar-refractivity contribution in [2.24, 2.45) is 0 Å². The zero-order chi connectivity index (χ0) is 9.84. The summed E-state index contributed by atoms with van der Waals surface area (Å²) >= 11 is 0. The number of rotatable bonds is 3. The Balaban J connectivity index is 2.94. The number of H-pyrrole nitrogens is 1. The first-order valence-electron chi connectivity index (χ1n) is 3.89. The Morgan fingerprint density at radius 2 is 2.23 bits per heavy atom. The summed E-state index contributed by atoms with van der Waals surface area (Å²) < 4.78 is 1.00. The molecule has 5 nitrogen and oxygen atoms in total. The highest BCUT2D eigenvalue weighted by Gasteiger charge is 2.00. The maximum atomic E-state index is 11.1. The molecule has 1 aromatic heterocycles. The van der Waals surface area contributed by atoms with E-state index in [4.69, 9.17) is 0 Å². The van der Waals surface area contributed by atoms with Crippen LogP contribution in [0, 0.1) is 0 Å². The molecule has 1 aromatic rings. The van der Waals surface area contributed by atoms with Crippen LogP contribution in [0.3, 0.4) is 0 Å². The molecule has 1 rings (SSSR count). The highest BCUT2D eigenvalue weighted by Crippen LogP contribution is 1.83. The van der Waals surface area contributed by atoms with Crippen molar-refractivity contribution in [1.82, 2.24) is 9.55 Å². The number of carbonyl (C=O) groups excluding carboxylic acids is 1. The van der Waals surface area contributed by atoms with Crippen molar-refractivity contribution in [3.8, 4) is 0 Å². The summed E-state index contributed by atoms with van der Waals surface area (Å²) in [5, 5.41) is 0. The van der Waals surface area contributed by atoms with E-state index in [1.807, 2.05) is 0 Å². The Hall–Kier alpha value is -1.65. The summed E-state index contributed by atoms with van der Waals surface area (Å²) in [6.45, 7) is 1.56. The zero-order valence-corrected chi connectivity index (χ0v) is 7.24. The van der Waals surface area contributed by atoms with Gasteiger partial charge in [-0.25, -0.2) is 4.79 Å². The van der Waals surface area contributed by atoms with Gasteiger partial charge in [0.25, 0.3) is 5.56 Å². The predicted octanol–water partition coefficient (Wildman–Crippen LogP) is -0.484. The maximum absolute atomic E-state index is 11.1. The molecule has 0 aliphatic carbocycles. The molecule has 0 amide bonds. The molecule has 0 spiro atoms. The Morgan fingerprint density at radius 1 is 1.54 bits per heavy atom. The Bertz CT molecular complexity index is 388. The quantitative estimate of drug-likeness (QED) is 0.686. The summed E-state index contributed by atoms with van der Waals surface area (Å²) in [5.74, 6) is -0.0462. The first-order valence-corrected chi connectivity index (χ1v) is 3.89. The number of hydrogen-bond donors (Lipinski definition) is 1. The molecule has 0 aliphatic rings. The van der Waals surface area contributed by atoms with Crippen LogP contribution in [0.2, 0.25) is 0 Å². The molecule has 70 valence electrons. The predicted molar refractivity (Wildman–Crippen MR) is 46.6 cm³/mol. The van der Waals surface area contributed by atoms with Gasteiger partial charge < -0.3 is 4.98 Å². The third-order valence-corrected chi connectivity index (χ3v) is 1.63. The first-order chi connectivity index (χ1) is 6.11. The average molecular weight is 182 g/mol. The fourth-order valence-electron chi connectivity index (χ4n) is 0.933. The second-order valence-corrected chi connectivity index (χ2v) is 2.72. The summed E-state index contributed by atoms with van der Waals surface area (Å²) in [6.07, 6.45) is 1.49. The van der Waals surface area contributed by atoms with Crippen molar-refractivity contribution in [3.05, 3.63) is 33.1 Å². The van der Waals surface area contributed by atoms with Crippen molar-refractivity contribution < 1.29 is 4.79 Å². The molecule has 0 unspecified atom stereocenters. The Kier molecular flexibility index (Phi) is 2.79. The minimum absolute atomic E-state index is 0.0462. The van der Waals surface area contributed by atoms with Crippen LogP contribution in [0.15, 0.2) is 21.9 Å². The molecular formula is C8H10N2O3. The standard InChI is InChI=1S/C8H10N2O3/c1-6(11)3-5-10-7(12)2-4-9-8(10)13/h2,4H,3,5H2,1H3,(H,9,13). The van der Waals surface area contributed by atoms with E-state index in [1.165, 1.54) is 19.2 Å². The second kappa shape index (κ2) is 3.84. The molecule has 0 aromatic carbocycles. The summed E-state index contributed by atoms with van der Waals surface area (Å²) in [7, 11) is 0. The monoisotopic (exact) mass is 182 g/mol. The van der Waals surface area contributed by atoms with Gasteiger partial charge in [0.2, 0.25) is 0 Å². The van der Waals surface area contributed by atoms with Crippen LogP contribution >= 0.6 is 0 Å². The maximum Gasteiger partial charge on any atom is 0.328 e. The number of nitrogens with zero attached hydrogens (tertiary/aromatic N) is 1. The van der Waals surface area contributed by atoms with Gasteiger partial charge >= 0.3 is 5.69 Å². The van der Waals surface area contributed by atoms with E-state index in [1.54, 1.807) is 0 Å². The minimum Gasteiger partial charge on any atom is -0.314 e. The van der Waals surface area contributed by atoms with Crippen molar-refractivity contribution in [1.29, 1.82) is 0 Å². The van der Waals surface area contributed by atoms with Crippen LogP contribution in [0.4, 0.5) is 0 Å². The molecule has 0 aliphatic heterocycles. The van der Waals surface area contributed by atoms with Gasteiger partial charge in [0.15, 0.2) is 0 Å². The molecule has 1 heterocycles. The lowest BCUT2D eigenvalue weighted by atomic mass is 10.3. The largest absolute Gasteiger partial charge is 0.328 e. The van der Waals surface area contributed by atoms with Crippen LogP contribution in [0.5, 0.6) is 0 Å². The molecule has 0 radical (unpaired) electrons. The highest BCUT2D eigenvalue weighted by molar-refractivity contribution is 5.75. The van der Waals surface area contributed by atoms with E-state index in [2.05, 4.69) is 4.98 Å². The Morgan fingerprint density at radius 3 is 2.77 bits per heavy atom. The van der Waals surface area contributed by atoms with E-state index < -0.39 is 5.69 Å². The normalized spacial score (nSPS) is 9.92. The summed E-state index contributed by atoms with van der Waals surface area (Å²) in [5.41, 5.74) is -0.862. The fourth-order valence-corrected chi connectivity index (χ4v) is 0.933. The highest BCUT2D eigenvalue weighted by atomic mass is 16.2. The fraction of sp³-hybridized carbons (Fsp3) is 0.375. The van der Waals surface area contributed by atoms with Gasteiger partial charge in [-0.3, -0.25) is 14.2 Å². The van der Waals surface area contributed by atoms with Crippen molar-refractivity contribution in [2.45, 2.75) is 19.9 Å². The van der Waals surface area contributed by atoms with E-state index in [0.717, 1.165) is 4.57 Å². The van der Waals surface area contributed by atoms with E-state index >= 15 is 0 Å². The van der Waals surface area contributed by atoms with E-state index in [9.17, 15) is 14.4 Å². The van der Waals surface area contributed by atoms with Crippen molar-refractivity contribution >= 4 is 5.78 Å². The number of Topliss-reactive ketones (excluding diaryl/α,β-unsaturated/α-hetero) is 1. The van der Waals surface area contributed by atoms with Crippen LogP contribution in [0.1, 0.15) is 13.3 Å². The van der Waals surface area contributed by atoms with E-state index in [-0.39, 0.29) is 24.3 Å². The average Bonchev–Trinajstić information content (AvgIpc) is 2.03.